The smallest absolute Gasteiger partial charge is 0.226 e. The van der Waals surface area contributed by atoms with Gasteiger partial charge in [-0.25, -0.2) is 9.97 Å². The zero-order valence-corrected chi connectivity index (χ0v) is 14.6. The summed E-state index contributed by atoms with van der Waals surface area (Å²) in [5.41, 5.74) is 7.54. The quantitative estimate of drug-likeness (QED) is 0.507. The standard InChI is InChI=1S/C18H12N6O2S/c19-18-22-15(10-14-21-16(23-24(14)18)13-2-1-8-25-13)26-12-5-3-11(4-6-12)17-20-7-9-27-17/h1-10H,(H2,19,22). The zero-order chi connectivity index (χ0) is 18.2. The van der Waals surface area contributed by atoms with Gasteiger partial charge in [0.05, 0.1) is 6.26 Å². The first-order valence-electron chi connectivity index (χ1n) is 8.01. The van der Waals surface area contributed by atoms with Gasteiger partial charge in [-0.15, -0.1) is 16.4 Å². The largest absolute Gasteiger partial charge is 0.461 e. The number of rotatable bonds is 4. The van der Waals surface area contributed by atoms with Crippen LogP contribution >= 0.6 is 11.3 Å². The highest BCUT2D eigenvalue weighted by molar-refractivity contribution is 7.13. The lowest BCUT2D eigenvalue weighted by atomic mass is 10.2. The number of furan rings is 1. The molecule has 27 heavy (non-hydrogen) atoms. The number of benzene rings is 1. The molecule has 5 rings (SSSR count). The number of nitrogens with two attached hydrogens (primary N) is 1. The molecule has 0 aliphatic heterocycles. The highest BCUT2D eigenvalue weighted by atomic mass is 32.1. The molecule has 0 saturated carbocycles. The molecule has 0 unspecified atom stereocenters. The molecule has 0 fully saturated rings. The van der Waals surface area contributed by atoms with E-state index in [0.29, 0.717) is 28.9 Å². The summed E-state index contributed by atoms with van der Waals surface area (Å²) in [5.74, 6) is 2.13. The third-order valence-corrected chi connectivity index (χ3v) is 4.65. The summed E-state index contributed by atoms with van der Waals surface area (Å²) in [6.07, 6.45) is 3.34. The average molecular weight is 376 g/mol. The lowest BCUT2D eigenvalue weighted by Crippen LogP contribution is -2.03. The van der Waals surface area contributed by atoms with Crippen LogP contribution in [0.4, 0.5) is 5.95 Å². The Morgan fingerprint density at radius 3 is 2.74 bits per heavy atom. The van der Waals surface area contributed by atoms with Gasteiger partial charge in [0.15, 0.2) is 11.4 Å². The summed E-state index contributed by atoms with van der Waals surface area (Å²) < 4.78 is 12.6. The first kappa shape index (κ1) is 15.5. The van der Waals surface area contributed by atoms with E-state index in [1.165, 1.54) is 4.52 Å². The van der Waals surface area contributed by atoms with Crippen LogP contribution in [0.1, 0.15) is 0 Å². The Morgan fingerprint density at radius 2 is 2.00 bits per heavy atom. The Labute approximate surface area is 156 Å². The molecule has 0 radical (unpaired) electrons. The molecule has 0 saturated heterocycles. The Bertz CT molecular complexity index is 1200. The number of nitrogens with zero attached hydrogens (tertiary/aromatic N) is 5. The van der Waals surface area contributed by atoms with Gasteiger partial charge in [-0.05, 0) is 36.4 Å². The zero-order valence-electron chi connectivity index (χ0n) is 13.8. The molecule has 2 N–H and O–H groups in total. The normalized spacial score (nSPS) is 11.1. The van der Waals surface area contributed by atoms with Crippen LogP contribution in [0, 0.1) is 0 Å². The second kappa shape index (κ2) is 6.22. The molecule has 0 aliphatic carbocycles. The van der Waals surface area contributed by atoms with Crippen LogP contribution in [-0.2, 0) is 0 Å². The predicted molar refractivity (Wildman–Crippen MR) is 101 cm³/mol. The van der Waals surface area contributed by atoms with E-state index in [4.69, 9.17) is 14.9 Å². The molecule has 8 nitrogen and oxygen atoms in total. The number of hydrogen-bond acceptors (Lipinski definition) is 8. The van der Waals surface area contributed by atoms with Gasteiger partial charge in [0.2, 0.25) is 17.7 Å². The predicted octanol–water partition coefficient (Wildman–Crippen LogP) is 3.88. The van der Waals surface area contributed by atoms with Crippen molar-refractivity contribution in [1.82, 2.24) is 24.6 Å². The third-order valence-electron chi connectivity index (χ3n) is 3.82. The Hall–Kier alpha value is -3.72. The number of hydrogen-bond donors (Lipinski definition) is 1. The summed E-state index contributed by atoms with van der Waals surface area (Å²) in [7, 11) is 0. The van der Waals surface area contributed by atoms with Crippen LogP contribution in [0.15, 0.2) is 64.7 Å². The van der Waals surface area contributed by atoms with Gasteiger partial charge in [0.25, 0.3) is 0 Å². The van der Waals surface area contributed by atoms with Gasteiger partial charge < -0.3 is 14.9 Å². The second-order valence-corrected chi connectivity index (χ2v) is 6.49. The van der Waals surface area contributed by atoms with Crippen molar-refractivity contribution in [2.24, 2.45) is 0 Å². The van der Waals surface area contributed by atoms with E-state index in [-0.39, 0.29) is 5.95 Å². The Kier molecular flexibility index (Phi) is 3.58. The van der Waals surface area contributed by atoms with Crippen molar-refractivity contribution in [1.29, 1.82) is 0 Å². The summed E-state index contributed by atoms with van der Waals surface area (Å²) in [6, 6.07) is 12.8. The molecule has 0 atom stereocenters. The maximum absolute atomic E-state index is 6.00. The fourth-order valence-corrected chi connectivity index (χ4v) is 3.25. The highest BCUT2D eigenvalue weighted by Gasteiger charge is 2.13. The van der Waals surface area contributed by atoms with Gasteiger partial charge in [0, 0.05) is 23.2 Å². The maximum Gasteiger partial charge on any atom is 0.226 e. The van der Waals surface area contributed by atoms with E-state index in [1.54, 1.807) is 42.0 Å². The second-order valence-electron chi connectivity index (χ2n) is 5.60. The van der Waals surface area contributed by atoms with Crippen LogP contribution in [0.25, 0.3) is 27.8 Å². The summed E-state index contributed by atoms with van der Waals surface area (Å²) >= 11 is 1.58. The molecule has 0 spiro atoms. The fourth-order valence-electron chi connectivity index (χ4n) is 2.60. The number of anilines is 1. The van der Waals surface area contributed by atoms with Crippen molar-refractivity contribution in [3.63, 3.8) is 0 Å². The number of ether oxygens (including phenoxy) is 1. The molecule has 132 valence electrons. The minimum absolute atomic E-state index is 0.173. The topological polar surface area (TPSA) is 104 Å². The van der Waals surface area contributed by atoms with E-state index in [2.05, 4.69) is 20.1 Å². The first-order chi connectivity index (χ1) is 13.3. The van der Waals surface area contributed by atoms with Gasteiger partial charge in [-0.3, -0.25) is 0 Å². The SMILES string of the molecule is Nc1nc(Oc2ccc(-c3nccs3)cc2)cc2nc(-c3ccco3)nn12. The Balaban J connectivity index is 1.45. The Morgan fingerprint density at radius 1 is 1.11 bits per heavy atom. The summed E-state index contributed by atoms with van der Waals surface area (Å²) in [6.45, 7) is 0. The van der Waals surface area contributed by atoms with Crippen molar-refractivity contribution in [3.05, 3.63) is 60.3 Å². The molecule has 0 bridgehead atoms. The molecule has 4 heterocycles. The van der Waals surface area contributed by atoms with E-state index in [0.717, 1.165) is 10.6 Å². The number of fused-ring (bicyclic) bond motifs is 1. The molecular weight excluding hydrogens is 364 g/mol. The molecule has 0 aliphatic rings. The van der Waals surface area contributed by atoms with Crippen LogP contribution in [0.2, 0.25) is 0 Å². The summed E-state index contributed by atoms with van der Waals surface area (Å²) in [5, 5.41) is 7.21. The minimum atomic E-state index is 0.173. The van der Waals surface area contributed by atoms with Crippen LogP contribution in [0.5, 0.6) is 11.6 Å². The summed E-state index contributed by atoms with van der Waals surface area (Å²) in [4.78, 5) is 12.9. The maximum atomic E-state index is 6.00. The van der Waals surface area contributed by atoms with E-state index >= 15 is 0 Å². The number of nitrogen functional groups attached to an aromatic ring is 1. The van der Waals surface area contributed by atoms with Gasteiger partial charge in [-0.1, -0.05) is 0 Å². The minimum Gasteiger partial charge on any atom is -0.461 e. The van der Waals surface area contributed by atoms with E-state index in [9.17, 15) is 0 Å². The van der Waals surface area contributed by atoms with E-state index in [1.807, 2.05) is 29.6 Å². The fraction of sp³-hybridized carbons (Fsp3) is 0. The van der Waals surface area contributed by atoms with Crippen molar-refractivity contribution in [2.45, 2.75) is 0 Å². The van der Waals surface area contributed by atoms with Gasteiger partial charge in [-0.2, -0.15) is 9.50 Å². The van der Waals surface area contributed by atoms with Crippen LogP contribution in [0.3, 0.4) is 0 Å². The average Bonchev–Trinajstić information content (AvgIpc) is 3.43. The first-order valence-corrected chi connectivity index (χ1v) is 8.89. The van der Waals surface area contributed by atoms with Crippen molar-refractivity contribution < 1.29 is 9.15 Å². The lowest BCUT2D eigenvalue weighted by Gasteiger charge is -2.06. The lowest BCUT2D eigenvalue weighted by molar-refractivity contribution is 0.462. The monoisotopic (exact) mass is 376 g/mol. The molecule has 5 aromatic rings. The number of thiazole rings is 1. The van der Waals surface area contributed by atoms with Crippen molar-refractivity contribution >= 4 is 22.9 Å². The molecule has 1 aromatic carbocycles. The van der Waals surface area contributed by atoms with Crippen LogP contribution < -0.4 is 10.5 Å². The highest BCUT2D eigenvalue weighted by Crippen LogP contribution is 2.27. The molecular formula is C18H12N6O2S. The third kappa shape index (κ3) is 2.89. The van der Waals surface area contributed by atoms with Gasteiger partial charge >= 0.3 is 0 Å². The molecule has 0 amide bonds. The van der Waals surface area contributed by atoms with Crippen molar-refractivity contribution in [2.75, 3.05) is 5.73 Å². The van der Waals surface area contributed by atoms with E-state index < -0.39 is 0 Å². The molecule has 4 aromatic heterocycles. The van der Waals surface area contributed by atoms with Crippen molar-refractivity contribution in [3.8, 4) is 33.8 Å². The number of aromatic nitrogens is 5. The van der Waals surface area contributed by atoms with Gasteiger partial charge in [0.1, 0.15) is 10.8 Å². The van der Waals surface area contributed by atoms with Crippen LogP contribution in [-0.4, -0.2) is 24.6 Å². The molecule has 9 heteroatoms.